The van der Waals surface area contributed by atoms with E-state index in [4.69, 9.17) is 4.74 Å². The molecule has 0 spiro atoms. The summed E-state index contributed by atoms with van der Waals surface area (Å²) in [4.78, 5) is 41.2. The number of phenols is 1. The average Bonchev–Trinajstić information content (AvgIpc) is 2.83. The van der Waals surface area contributed by atoms with Gasteiger partial charge in [0, 0.05) is 18.2 Å². The maximum atomic E-state index is 13.8. The molecule has 9 heteroatoms. The second kappa shape index (κ2) is 16.9. The zero-order chi connectivity index (χ0) is 28.7. The van der Waals surface area contributed by atoms with Gasteiger partial charge in [-0.2, -0.15) is 0 Å². The first-order valence-electron chi connectivity index (χ1n) is 13.9. The van der Waals surface area contributed by atoms with Gasteiger partial charge in [0.2, 0.25) is 11.8 Å². The topological polar surface area (TPSA) is 128 Å². The third-order valence-electron chi connectivity index (χ3n) is 6.11. The van der Waals surface area contributed by atoms with Crippen LogP contribution in [-0.4, -0.2) is 63.9 Å². The lowest BCUT2D eigenvalue weighted by Gasteiger charge is -2.35. The molecule has 216 valence electrons. The lowest BCUT2D eigenvalue weighted by Crippen LogP contribution is -2.55. The SMILES string of the molecule is CCCCCCCCN(C(=O)C(CO)NC(=O)OC(C)(C)C)C(C(=O)NC(C)CCC)c1ccccc1O. The summed E-state index contributed by atoms with van der Waals surface area (Å²) in [5, 5.41) is 26.1. The highest BCUT2D eigenvalue weighted by atomic mass is 16.6. The van der Waals surface area contributed by atoms with Crippen molar-refractivity contribution in [2.75, 3.05) is 13.2 Å². The normalized spacial score (nSPS) is 13.8. The van der Waals surface area contributed by atoms with Crippen LogP contribution >= 0.6 is 0 Å². The van der Waals surface area contributed by atoms with Gasteiger partial charge in [0.15, 0.2) is 0 Å². The third-order valence-corrected chi connectivity index (χ3v) is 6.11. The highest BCUT2D eigenvalue weighted by Crippen LogP contribution is 2.30. The minimum atomic E-state index is -1.32. The number of hydrogen-bond donors (Lipinski definition) is 4. The van der Waals surface area contributed by atoms with Crippen LogP contribution in [0.1, 0.15) is 105 Å². The zero-order valence-corrected chi connectivity index (χ0v) is 24.1. The third kappa shape index (κ3) is 11.7. The van der Waals surface area contributed by atoms with E-state index in [1.165, 1.54) is 11.0 Å². The van der Waals surface area contributed by atoms with E-state index >= 15 is 0 Å². The van der Waals surface area contributed by atoms with Crippen LogP contribution in [0.4, 0.5) is 4.79 Å². The molecule has 1 rings (SSSR count). The number of benzene rings is 1. The van der Waals surface area contributed by atoms with E-state index in [-0.39, 0.29) is 23.9 Å². The first-order valence-corrected chi connectivity index (χ1v) is 13.9. The molecule has 0 fully saturated rings. The largest absolute Gasteiger partial charge is 0.508 e. The summed E-state index contributed by atoms with van der Waals surface area (Å²) in [5.41, 5.74) is -0.513. The van der Waals surface area contributed by atoms with Crippen molar-refractivity contribution in [3.05, 3.63) is 29.8 Å². The molecule has 1 aromatic carbocycles. The van der Waals surface area contributed by atoms with Crippen molar-refractivity contribution in [1.29, 1.82) is 0 Å². The van der Waals surface area contributed by atoms with Gasteiger partial charge < -0.3 is 30.5 Å². The van der Waals surface area contributed by atoms with Crippen LogP contribution in [0.25, 0.3) is 0 Å². The molecule has 0 bridgehead atoms. The Morgan fingerprint density at radius 3 is 2.18 bits per heavy atom. The minimum absolute atomic E-state index is 0.114. The van der Waals surface area contributed by atoms with Gasteiger partial charge >= 0.3 is 6.09 Å². The monoisotopic (exact) mass is 535 g/mol. The number of nitrogens with zero attached hydrogens (tertiary/aromatic N) is 1. The van der Waals surface area contributed by atoms with Crippen molar-refractivity contribution < 1.29 is 29.3 Å². The molecule has 3 amide bonds. The fourth-order valence-electron chi connectivity index (χ4n) is 4.26. The van der Waals surface area contributed by atoms with Gasteiger partial charge in [-0.05, 0) is 46.6 Å². The molecule has 0 radical (unpaired) electrons. The predicted octanol–water partition coefficient (Wildman–Crippen LogP) is 4.81. The number of carbonyl (C=O) groups excluding carboxylic acids is 3. The molecule has 4 N–H and O–H groups in total. The molecule has 0 aliphatic heterocycles. The van der Waals surface area contributed by atoms with Crippen molar-refractivity contribution in [2.45, 2.75) is 117 Å². The smallest absolute Gasteiger partial charge is 0.408 e. The molecule has 1 aromatic rings. The van der Waals surface area contributed by atoms with E-state index in [0.717, 1.165) is 44.9 Å². The molecule has 0 aliphatic rings. The van der Waals surface area contributed by atoms with E-state index in [0.29, 0.717) is 6.42 Å². The van der Waals surface area contributed by atoms with Crippen molar-refractivity contribution in [1.82, 2.24) is 15.5 Å². The number of para-hydroxylation sites is 1. The summed E-state index contributed by atoms with van der Waals surface area (Å²) in [6.07, 6.45) is 6.59. The van der Waals surface area contributed by atoms with E-state index < -0.39 is 42.2 Å². The minimum Gasteiger partial charge on any atom is -0.508 e. The van der Waals surface area contributed by atoms with Crippen molar-refractivity contribution in [3.63, 3.8) is 0 Å². The molecular weight excluding hydrogens is 486 g/mol. The fraction of sp³-hybridized carbons (Fsp3) is 0.690. The summed E-state index contributed by atoms with van der Waals surface area (Å²) in [6.45, 7) is 10.7. The van der Waals surface area contributed by atoms with Gasteiger partial charge in [0.1, 0.15) is 23.4 Å². The summed E-state index contributed by atoms with van der Waals surface area (Å²) in [5.74, 6) is -1.17. The van der Waals surface area contributed by atoms with Crippen LogP contribution in [0, 0.1) is 0 Å². The number of alkyl carbamates (subject to hydrolysis) is 1. The Labute approximate surface area is 228 Å². The number of unbranched alkanes of at least 4 members (excludes halogenated alkanes) is 5. The standard InChI is InChI=1S/C29H49N3O6/c1-7-9-10-11-12-15-19-32(27(36)23(20-33)31-28(37)38-29(4,5)6)25(22-17-13-14-18-24(22)34)26(35)30-21(3)16-8-2/h13-14,17-18,21,23,25,33-34H,7-12,15-16,19-20H2,1-6H3,(H,30,35)(H,31,37). The Kier molecular flexibility index (Phi) is 14.8. The van der Waals surface area contributed by atoms with Crippen LogP contribution in [-0.2, 0) is 14.3 Å². The van der Waals surface area contributed by atoms with Crippen LogP contribution < -0.4 is 10.6 Å². The highest BCUT2D eigenvalue weighted by molar-refractivity contribution is 5.92. The van der Waals surface area contributed by atoms with Crippen LogP contribution in [0.2, 0.25) is 0 Å². The average molecular weight is 536 g/mol. The molecule has 0 aliphatic carbocycles. The van der Waals surface area contributed by atoms with Gasteiger partial charge in [-0.15, -0.1) is 0 Å². The number of amides is 3. The Balaban J connectivity index is 3.36. The molecular formula is C29H49N3O6. The number of hydrogen-bond acceptors (Lipinski definition) is 6. The Hall–Kier alpha value is -2.81. The molecule has 0 aromatic heterocycles. The van der Waals surface area contributed by atoms with E-state index in [1.807, 2.05) is 13.8 Å². The molecule has 9 nitrogen and oxygen atoms in total. The molecule has 0 saturated carbocycles. The molecule has 38 heavy (non-hydrogen) atoms. The Morgan fingerprint density at radius 2 is 1.61 bits per heavy atom. The van der Waals surface area contributed by atoms with Crippen LogP contribution in [0.5, 0.6) is 5.75 Å². The van der Waals surface area contributed by atoms with Crippen LogP contribution in [0.3, 0.4) is 0 Å². The predicted molar refractivity (Wildman–Crippen MR) is 149 cm³/mol. The van der Waals surface area contributed by atoms with Gasteiger partial charge in [-0.3, -0.25) is 9.59 Å². The highest BCUT2D eigenvalue weighted by Gasteiger charge is 2.37. The maximum absolute atomic E-state index is 13.8. The Bertz CT molecular complexity index is 870. The summed E-state index contributed by atoms with van der Waals surface area (Å²) in [6, 6.07) is 3.82. The quantitative estimate of drug-likeness (QED) is 0.225. The van der Waals surface area contributed by atoms with Gasteiger partial charge in [-0.1, -0.05) is 70.6 Å². The second-order valence-corrected chi connectivity index (χ2v) is 10.8. The van der Waals surface area contributed by atoms with Crippen molar-refractivity contribution >= 4 is 17.9 Å². The first kappa shape index (κ1) is 33.2. The van der Waals surface area contributed by atoms with Crippen molar-refractivity contribution in [3.8, 4) is 5.75 Å². The number of aliphatic hydroxyl groups excluding tert-OH is 1. The van der Waals surface area contributed by atoms with Gasteiger partial charge in [-0.25, -0.2) is 4.79 Å². The molecule has 0 heterocycles. The zero-order valence-electron chi connectivity index (χ0n) is 24.1. The van der Waals surface area contributed by atoms with E-state index in [9.17, 15) is 24.6 Å². The number of ether oxygens (including phenoxy) is 1. The number of phenolic OH excluding ortho intramolecular Hbond substituents is 1. The Morgan fingerprint density at radius 1 is 0.974 bits per heavy atom. The van der Waals surface area contributed by atoms with E-state index in [2.05, 4.69) is 17.6 Å². The fourth-order valence-corrected chi connectivity index (χ4v) is 4.26. The van der Waals surface area contributed by atoms with Gasteiger partial charge in [0.25, 0.3) is 0 Å². The summed E-state index contributed by atoms with van der Waals surface area (Å²) in [7, 11) is 0. The van der Waals surface area contributed by atoms with Crippen LogP contribution in [0.15, 0.2) is 24.3 Å². The lowest BCUT2D eigenvalue weighted by atomic mass is 10.00. The number of aromatic hydroxyl groups is 1. The van der Waals surface area contributed by atoms with E-state index in [1.54, 1.807) is 39.0 Å². The number of rotatable bonds is 16. The summed E-state index contributed by atoms with van der Waals surface area (Å²) >= 11 is 0. The first-order chi connectivity index (χ1) is 17.9. The second-order valence-electron chi connectivity index (χ2n) is 10.8. The molecule has 3 atom stereocenters. The lowest BCUT2D eigenvalue weighted by molar-refractivity contribution is -0.143. The number of carbonyl (C=O) groups is 3. The number of nitrogens with one attached hydrogen (secondary N) is 2. The molecule has 0 saturated heterocycles. The van der Waals surface area contributed by atoms with Gasteiger partial charge in [0.05, 0.1) is 6.61 Å². The maximum Gasteiger partial charge on any atom is 0.408 e. The number of aliphatic hydroxyl groups is 1. The molecule has 3 unspecified atom stereocenters. The van der Waals surface area contributed by atoms with Crippen molar-refractivity contribution in [2.24, 2.45) is 0 Å². The summed E-state index contributed by atoms with van der Waals surface area (Å²) < 4.78 is 5.28.